The molecule has 0 radical (unpaired) electrons. The molecule has 7 nitrogen and oxygen atoms in total. The highest BCUT2D eigenvalue weighted by atomic mass is 15.4. The molecule has 0 atom stereocenters. The third-order valence-electron chi connectivity index (χ3n) is 5.46. The Bertz CT molecular complexity index is 918. The van der Waals surface area contributed by atoms with Gasteiger partial charge in [-0.2, -0.15) is 5.10 Å². The molecule has 4 rings (SSSR count). The molecular weight excluding hydrogens is 350 g/mol. The maximum atomic E-state index is 4.55. The second-order valence-electron chi connectivity index (χ2n) is 7.50. The molecule has 0 bridgehead atoms. The van der Waals surface area contributed by atoms with Crippen molar-refractivity contribution < 1.29 is 0 Å². The van der Waals surface area contributed by atoms with Gasteiger partial charge in [-0.1, -0.05) is 29.8 Å². The third-order valence-corrected chi connectivity index (χ3v) is 5.46. The van der Waals surface area contributed by atoms with Crippen LogP contribution < -0.4 is 9.80 Å². The van der Waals surface area contributed by atoms with Crippen molar-refractivity contribution in [3.63, 3.8) is 0 Å². The monoisotopic (exact) mass is 379 g/mol. The highest BCUT2D eigenvalue weighted by molar-refractivity contribution is 5.45. The molecule has 1 aliphatic rings. The summed E-state index contributed by atoms with van der Waals surface area (Å²) in [6.07, 6.45) is 5.93. The highest BCUT2D eigenvalue weighted by Gasteiger charge is 2.23. The van der Waals surface area contributed by atoms with E-state index < -0.39 is 0 Å². The maximum absolute atomic E-state index is 4.55. The summed E-state index contributed by atoms with van der Waals surface area (Å²) in [5.74, 6) is 2.08. The average molecular weight is 380 g/mol. The predicted molar refractivity (Wildman–Crippen MR) is 112 cm³/mol. The molecule has 0 aliphatic carbocycles. The fraction of sp³-hybridized carbons (Fsp3) is 0.476. The fourth-order valence-corrected chi connectivity index (χ4v) is 3.93. The van der Waals surface area contributed by atoms with Crippen molar-refractivity contribution in [3.05, 3.63) is 53.6 Å². The summed E-state index contributed by atoms with van der Waals surface area (Å²) < 4.78 is 4.13. The first kappa shape index (κ1) is 18.5. The Hall–Kier alpha value is -2.83. The molecule has 0 amide bonds. The Morgan fingerprint density at radius 2 is 1.79 bits per heavy atom. The van der Waals surface area contributed by atoms with E-state index in [1.165, 1.54) is 16.8 Å². The molecule has 1 aromatic carbocycles. The van der Waals surface area contributed by atoms with E-state index >= 15 is 0 Å². The lowest BCUT2D eigenvalue weighted by atomic mass is 10.1. The number of anilines is 2. The Balaban J connectivity index is 1.41. The second-order valence-corrected chi connectivity index (χ2v) is 7.50. The topological polar surface area (TPSA) is 55.0 Å². The van der Waals surface area contributed by atoms with E-state index in [1.807, 2.05) is 17.9 Å². The molecule has 28 heavy (non-hydrogen) atoms. The van der Waals surface area contributed by atoms with Gasteiger partial charge in [0.25, 0.3) is 0 Å². The van der Waals surface area contributed by atoms with Crippen LogP contribution in [-0.4, -0.2) is 50.7 Å². The van der Waals surface area contributed by atoms with Gasteiger partial charge in [-0.3, -0.25) is 9.25 Å². The fourth-order valence-electron chi connectivity index (χ4n) is 3.93. The molecule has 1 saturated heterocycles. The van der Waals surface area contributed by atoms with Gasteiger partial charge in [-0.25, -0.2) is 0 Å². The van der Waals surface area contributed by atoms with Crippen molar-refractivity contribution in [3.8, 4) is 0 Å². The maximum Gasteiger partial charge on any atom is 0.227 e. The average Bonchev–Trinajstić information content (AvgIpc) is 3.32. The normalized spacial score (nSPS) is 14.7. The zero-order valence-electron chi connectivity index (χ0n) is 17.0. The van der Waals surface area contributed by atoms with Crippen molar-refractivity contribution in [1.82, 2.24) is 24.5 Å². The van der Waals surface area contributed by atoms with Gasteiger partial charge in [-0.05, 0) is 25.8 Å². The largest absolute Gasteiger partial charge is 0.365 e. The molecule has 0 N–H and O–H groups in total. The van der Waals surface area contributed by atoms with Crippen LogP contribution in [0.5, 0.6) is 0 Å². The van der Waals surface area contributed by atoms with Crippen LogP contribution in [-0.2, 0) is 26.4 Å². The van der Waals surface area contributed by atoms with Gasteiger partial charge in [0.1, 0.15) is 5.82 Å². The minimum Gasteiger partial charge on any atom is -0.365 e. The van der Waals surface area contributed by atoms with Crippen LogP contribution in [0.15, 0.2) is 36.7 Å². The van der Waals surface area contributed by atoms with Crippen molar-refractivity contribution in [2.45, 2.75) is 33.2 Å². The van der Waals surface area contributed by atoms with Crippen molar-refractivity contribution in [1.29, 1.82) is 0 Å². The number of hydrogen-bond acceptors (Lipinski definition) is 5. The Morgan fingerprint density at radius 1 is 1.00 bits per heavy atom. The number of hydrogen-bond donors (Lipinski definition) is 0. The van der Waals surface area contributed by atoms with Crippen LogP contribution in [0.2, 0.25) is 0 Å². The summed E-state index contributed by atoms with van der Waals surface area (Å²) in [6.45, 7) is 9.06. The van der Waals surface area contributed by atoms with E-state index in [0.717, 1.165) is 57.3 Å². The van der Waals surface area contributed by atoms with Gasteiger partial charge in [0.05, 0.1) is 11.9 Å². The third kappa shape index (κ3) is 3.88. The number of rotatable bonds is 6. The van der Waals surface area contributed by atoms with E-state index in [1.54, 1.807) is 0 Å². The van der Waals surface area contributed by atoms with Crippen LogP contribution in [0.25, 0.3) is 0 Å². The summed E-state index contributed by atoms with van der Waals surface area (Å²) >= 11 is 0. The zero-order chi connectivity index (χ0) is 19.5. The van der Waals surface area contributed by atoms with Gasteiger partial charge in [0, 0.05) is 52.4 Å². The number of aryl methyl sites for hydroxylation is 4. The van der Waals surface area contributed by atoms with Crippen LogP contribution in [0.3, 0.4) is 0 Å². The van der Waals surface area contributed by atoms with Gasteiger partial charge >= 0.3 is 0 Å². The van der Waals surface area contributed by atoms with Gasteiger partial charge in [0.15, 0.2) is 0 Å². The molecule has 3 heterocycles. The second kappa shape index (κ2) is 8.04. The summed E-state index contributed by atoms with van der Waals surface area (Å²) in [4.78, 5) is 4.74. The minimum absolute atomic E-state index is 0.897. The summed E-state index contributed by atoms with van der Waals surface area (Å²) in [6, 6.07) is 8.72. The summed E-state index contributed by atoms with van der Waals surface area (Å²) in [7, 11) is 1.96. The summed E-state index contributed by atoms with van der Waals surface area (Å²) in [5.41, 5.74) is 3.86. The van der Waals surface area contributed by atoms with Gasteiger partial charge < -0.3 is 9.80 Å². The Labute approximate surface area is 166 Å². The number of benzene rings is 1. The molecule has 0 spiro atoms. The lowest BCUT2D eigenvalue weighted by molar-refractivity contribution is 0.609. The van der Waals surface area contributed by atoms with E-state index in [2.05, 4.69) is 74.0 Å². The molecule has 7 heteroatoms. The van der Waals surface area contributed by atoms with Crippen LogP contribution >= 0.6 is 0 Å². The zero-order valence-corrected chi connectivity index (χ0v) is 17.0. The van der Waals surface area contributed by atoms with E-state index in [9.17, 15) is 0 Å². The molecule has 2 aromatic heterocycles. The molecular formula is C21H29N7. The van der Waals surface area contributed by atoms with E-state index in [4.69, 9.17) is 0 Å². The molecule has 3 aromatic rings. The summed E-state index contributed by atoms with van der Waals surface area (Å²) in [5, 5.41) is 13.4. The molecule has 0 unspecified atom stereocenters. The SMILES string of the molecule is CCn1c(CCc2cccc(C)c2)nnc1N1CCN(c2cnn(C)c2)CC1. The molecule has 1 aliphatic heterocycles. The molecule has 0 saturated carbocycles. The number of piperazine rings is 1. The lowest BCUT2D eigenvalue weighted by Gasteiger charge is -2.35. The predicted octanol–water partition coefficient (Wildman–Crippen LogP) is 2.45. The Morgan fingerprint density at radius 3 is 2.46 bits per heavy atom. The highest BCUT2D eigenvalue weighted by Crippen LogP contribution is 2.20. The van der Waals surface area contributed by atoms with Crippen molar-refractivity contribution in [2.75, 3.05) is 36.0 Å². The smallest absolute Gasteiger partial charge is 0.227 e. The van der Waals surface area contributed by atoms with Gasteiger partial charge in [-0.15, -0.1) is 10.2 Å². The lowest BCUT2D eigenvalue weighted by Crippen LogP contribution is -2.47. The van der Waals surface area contributed by atoms with E-state index in [0.29, 0.717) is 0 Å². The van der Waals surface area contributed by atoms with Crippen molar-refractivity contribution in [2.24, 2.45) is 7.05 Å². The van der Waals surface area contributed by atoms with Crippen molar-refractivity contribution >= 4 is 11.6 Å². The van der Waals surface area contributed by atoms with Crippen LogP contribution in [0.4, 0.5) is 11.6 Å². The number of aromatic nitrogens is 5. The number of nitrogens with zero attached hydrogens (tertiary/aromatic N) is 7. The first-order chi connectivity index (χ1) is 13.6. The molecule has 148 valence electrons. The van der Waals surface area contributed by atoms with Gasteiger partial charge in [0.2, 0.25) is 5.95 Å². The Kier molecular flexibility index (Phi) is 5.32. The first-order valence-electron chi connectivity index (χ1n) is 10.1. The van der Waals surface area contributed by atoms with Crippen LogP contribution in [0, 0.1) is 6.92 Å². The minimum atomic E-state index is 0.897. The molecule has 1 fully saturated rings. The van der Waals surface area contributed by atoms with Crippen LogP contribution in [0.1, 0.15) is 23.9 Å². The quantitative estimate of drug-likeness (QED) is 0.658. The standard InChI is InChI=1S/C21H29N7/c1-4-28-20(9-8-18-7-5-6-17(2)14-18)23-24-21(28)27-12-10-26(11-13-27)19-15-22-25(3)16-19/h5-7,14-16H,4,8-13H2,1-3H3. The first-order valence-corrected chi connectivity index (χ1v) is 10.1. The van der Waals surface area contributed by atoms with E-state index in [-0.39, 0.29) is 0 Å².